The zero-order valence-electron chi connectivity index (χ0n) is 14.7. The summed E-state index contributed by atoms with van der Waals surface area (Å²) in [5, 5.41) is 0. The standard InChI is InChI=1S/C18H30O3Si3/c1-2-13(1)22(14-3-4-14)19-23(15-5-6-15,16-7-8-16)21-24(20-22,17-9-10-17)18-11-12-18/h13-18H,1-12H2. The van der Waals surface area contributed by atoms with Crippen molar-refractivity contribution in [3.05, 3.63) is 0 Å². The molecule has 0 aromatic heterocycles. The predicted octanol–water partition coefficient (Wildman–Crippen LogP) is 5.36. The molecule has 0 spiro atoms. The molecule has 3 nitrogen and oxygen atoms in total. The maximum Gasteiger partial charge on any atom is 0.327 e. The second-order valence-electron chi connectivity index (χ2n) is 10.1. The Kier molecular flexibility index (Phi) is 2.73. The van der Waals surface area contributed by atoms with Crippen LogP contribution in [-0.2, 0) is 12.3 Å². The molecule has 0 aromatic carbocycles. The molecule has 0 amide bonds. The average molecular weight is 379 g/mol. The smallest absolute Gasteiger partial charge is 0.327 e. The Labute approximate surface area is 148 Å². The molecule has 6 saturated carbocycles. The molecule has 6 aliphatic carbocycles. The molecule has 7 fully saturated rings. The van der Waals surface area contributed by atoms with E-state index in [9.17, 15) is 0 Å². The predicted molar refractivity (Wildman–Crippen MR) is 98.4 cm³/mol. The lowest BCUT2D eigenvalue weighted by Crippen LogP contribution is -2.72. The summed E-state index contributed by atoms with van der Waals surface area (Å²) in [4.78, 5) is 0. The summed E-state index contributed by atoms with van der Waals surface area (Å²) in [5.74, 6) is 0. The van der Waals surface area contributed by atoms with E-state index in [-0.39, 0.29) is 0 Å². The molecule has 0 radical (unpaired) electrons. The third-order valence-electron chi connectivity index (χ3n) is 7.84. The topological polar surface area (TPSA) is 27.7 Å². The highest BCUT2D eigenvalue weighted by molar-refractivity contribution is 6.98. The molecular weight excluding hydrogens is 348 g/mol. The summed E-state index contributed by atoms with van der Waals surface area (Å²) >= 11 is 0. The molecule has 132 valence electrons. The monoisotopic (exact) mass is 378 g/mol. The Balaban J connectivity index is 1.37. The van der Waals surface area contributed by atoms with Crippen LogP contribution in [0.25, 0.3) is 0 Å². The van der Waals surface area contributed by atoms with E-state index >= 15 is 0 Å². The van der Waals surface area contributed by atoms with Crippen molar-refractivity contribution < 1.29 is 12.3 Å². The van der Waals surface area contributed by atoms with Gasteiger partial charge in [0.2, 0.25) is 0 Å². The minimum atomic E-state index is -1.98. The minimum absolute atomic E-state index is 0.864. The highest BCUT2D eigenvalue weighted by Crippen LogP contribution is 2.73. The Morgan fingerprint density at radius 2 is 0.500 bits per heavy atom. The third-order valence-corrected chi connectivity index (χ3v) is 25.8. The second kappa shape index (κ2) is 4.50. The molecule has 0 atom stereocenters. The second-order valence-corrected chi connectivity index (χ2v) is 21.8. The van der Waals surface area contributed by atoms with E-state index in [2.05, 4.69) is 0 Å². The first-order chi connectivity index (χ1) is 11.8. The normalized spacial score (nSPS) is 40.5. The van der Waals surface area contributed by atoms with Crippen LogP contribution >= 0.6 is 0 Å². The van der Waals surface area contributed by atoms with Gasteiger partial charge in [-0.3, -0.25) is 0 Å². The van der Waals surface area contributed by atoms with E-state index in [0.717, 1.165) is 33.2 Å². The molecule has 0 unspecified atom stereocenters. The van der Waals surface area contributed by atoms with Crippen LogP contribution in [0.4, 0.5) is 0 Å². The first kappa shape index (κ1) is 14.6. The minimum Gasteiger partial charge on any atom is -0.415 e. The van der Waals surface area contributed by atoms with E-state index in [0.29, 0.717) is 0 Å². The van der Waals surface area contributed by atoms with Crippen LogP contribution in [0, 0.1) is 0 Å². The van der Waals surface area contributed by atoms with E-state index in [1.165, 1.54) is 77.0 Å². The van der Waals surface area contributed by atoms with Crippen LogP contribution in [0.15, 0.2) is 0 Å². The fraction of sp³-hybridized carbons (Fsp3) is 1.00. The molecule has 7 aliphatic rings. The van der Waals surface area contributed by atoms with Gasteiger partial charge in [0, 0.05) is 33.2 Å². The summed E-state index contributed by atoms with van der Waals surface area (Å²) in [5.41, 5.74) is 5.18. The van der Waals surface area contributed by atoms with Crippen LogP contribution in [0.1, 0.15) is 77.0 Å². The van der Waals surface area contributed by atoms with Crippen molar-refractivity contribution in [3.63, 3.8) is 0 Å². The van der Waals surface area contributed by atoms with Crippen molar-refractivity contribution in [2.45, 2.75) is 110 Å². The van der Waals surface area contributed by atoms with Gasteiger partial charge in [-0.05, 0) is 77.0 Å². The summed E-state index contributed by atoms with van der Waals surface area (Å²) in [6, 6.07) is 0. The summed E-state index contributed by atoms with van der Waals surface area (Å²) in [6.07, 6.45) is 17.0. The van der Waals surface area contributed by atoms with Gasteiger partial charge in [0.15, 0.2) is 0 Å². The maximum absolute atomic E-state index is 7.44. The molecule has 1 saturated heterocycles. The molecular formula is C18H30O3Si3. The van der Waals surface area contributed by atoms with Crippen LogP contribution in [-0.4, -0.2) is 25.7 Å². The fourth-order valence-corrected chi connectivity index (χ4v) is 29.2. The van der Waals surface area contributed by atoms with E-state index in [1.54, 1.807) is 0 Å². The van der Waals surface area contributed by atoms with E-state index in [1.807, 2.05) is 0 Å². The van der Waals surface area contributed by atoms with Gasteiger partial charge in [-0.2, -0.15) is 0 Å². The van der Waals surface area contributed by atoms with Crippen LogP contribution in [0.5, 0.6) is 0 Å². The van der Waals surface area contributed by atoms with Gasteiger partial charge in [0.25, 0.3) is 0 Å². The SMILES string of the molecule is C1CC1[Si]1(C2CC2)O[Si](C2CC2)(C2CC2)O[Si](C2CC2)(C2CC2)O1. The quantitative estimate of drug-likeness (QED) is 0.582. The Hall–Kier alpha value is 0.531. The van der Waals surface area contributed by atoms with Crippen molar-refractivity contribution in [2.24, 2.45) is 0 Å². The number of hydrogen-bond donors (Lipinski definition) is 0. The van der Waals surface area contributed by atoms with E-state index in [4.69, 9.17) is 12.3 Å². The van der Waals surface area contributed by atoms with Gasteiger partial charge in [0.05, 0.1) is 0 Å². The molecule has 1 aliphatic heterocycles. The first-order valence-corrected chi connectivity index (χ1v) is 16.8. The molecule has 0 bridgehead atoms. The summed E-state index contributed by atoms with van der Waals surface area (Å²) < 4.78 is 22.3. The van der Waals surface area contributed by atoms with Crippen molar-refractivity contribution in [1.82, 2.24) is 0 Å². The maximum atomic E-state index is 7.44. The molecule has 1 heterocycles. The zero-order valence-corrected chi connectivity index (χ0v) is 17.7. The Morgan fingerprint density at radius 1 is 0.333 bits per heavy atom. The summed E-state index contributed by atoms with van der Waals surface area (Å²) in [6.45, 7) is 0. The fourth-order valence-electron chi connectivity index (χ4n) is 5.72. The van der Waals surface area contributed by atoms with Gasteiger partial charge in [-0.1, -0.05) is 0 Å². The number of rotatable bonds is 6. The third kappa shape index (κ3) is 1.99. The molecule has 7 rings (SSSR count). The molecule has 0 aromatic rings. The zero-order chi connectivity index (χ0) is 15.6. The Morgan fingerprint density at radius 3 is 0.625 bits per heavy atom. The lowest BCUT2D eigenvalue weighted by atomic mass is 10.9. The van der Waals surface area contributed by atoms with Crippen molar-refractivity contribution in [1.29, 1.82) is 0 Å². The van der Waals surface area contributed by atoms with Gasteiger partial charge in [-0.25, -0.2) is 0 Å². The average Bonchev–Trinajstić information content (AvgIpc) is 3.37. The highest BCUT2D eigenvalue weighted by Gasteiger charge is 2.79. The summed E-state index contributed by atoms with van der Waals surface area (Å²) in [7, 11) is -5.94. The van der Waals surface area contributed by atoms with Crippen LogP contribution in [0.2, 0.25) is 33.2 Å². The van der Waals surface area contributed by atoms with Gasteiger partial charge >= 0.3 is 25.7 Å². The van der Waals surface area contributed by atoms with Crippen molar-refractivity contribution in [2.75, 3.05) is 0 Å². The lowest BCUT2D eigenvalue weighted by Gasteiger charge is -2.55. The molecule has 0 N–H and O–H groups in total. The van der Waals surface area contributed by atoms with Gasteiger partial charge in [-0.15, -0.1) is 0 Å². The van der Waals surface area contributed by atoms with Gasteiger partial charge in [0.1, 0.15) is 0 Å². The lowest BCUT2D eigenvalue weighted by molar-refractivity contribution is 0.198. The van der Waals surface area contributed by atoms with E-state index < -0.39 is 25.7 Å². The van der Waals surface area contributed by atoms with Crippen molar-refractivity contribution in [3.8, 4) is 0 Å². The highest BCUT2D eigenvalue weighted by atomic mass is 28.5. The van der Waals surface area contributed by atoms with Gasteiger partial charge < -0.3 is 12.3 Å². The largest absolute Gasteiger partial charge is 0.415 e. The number of hydrogen-bond acceptors (Lipinski definition) is 3. The van der Waals surface area contributed by atoms with Crippen LogP contribution < -0.4 is 0 Å². The molecule has 24 heavy (non-hydrogen) atoms. The first-order valence-electron chi connectivity index (χ1n) is 10.9. The Bertz CT molecular complexity index is 445. The van der Waals surface area contributed by atoms with Crippen LogP contribution in [0.3, 0.4) is 0 Å². The van der Waals surface area contributed by atoms with Crippen molar-refractivity contribution >= 4 is 25.7 Å². The molecule has 6 heteroatoms.